The molecule has 0 heterocycles. The molecule has 2 rings (SSSR count). The number of aliphatic hydroxyl groups excluding tert-OH is 1. The van der Waals surface area contributed by atoms with E-state index in [2.05, 4.69) is 0 Å². The lowest BCUT2D eigenvalue weighted by Gasteiger charge is -2.33. The zero-order valence-electron chi connectivity index (χ0n) is 9.27. The van der Waals surface area contributed by atoms with Crippen molar-refractivity contribution < 1.29 is 9.50 Å². The monoisotopic (exact) mass is 279 g/mol. The average molecular weight is 280 g/mol. The molecule has 0 amide bonds. The number of benzene rings is 1. The van der Waals surface area contributed by atoms with Crippen LogP contribution in [0, 0.1) is 11.7 Å². The summed E-state index contributed by atoms with van der Waals surface area (Å²) in [6, 6.07) is 3.70. The second kappa shape index (κ2) is 6.01. The Labute approximate surface area is 111 Å². The van der Waals surface area contributed by atoms with Crippen LogP contribution in [-0.4, -0.2) is 11.2 Å². The van der Waals surface area contributed by atoms with Crippen LogP contribution in [0.3, 0.4) is 0 Å². The summed E-state index contributed by atoms with van der Waals surface area (Å²) in [4.78, 5) is 0. The van der Waals surface area contributed by atoms with Gasteiger partial charge in [-0.2, -0.15) is 0 Å². The molecule has 5 heteroatoms. The minimum absolute atomic E-state index is 0. The van der Waals surface area contributed by atoms with Crippen LogP contribution in [0.15, 0.2) is 18.2 Å². The smallest absolute Gasteiger partial charge is 0.129 e. The lowest BCUT2D eigenvalue weighted by Crippen LogP contribution is -2.36. The molecule has 1 fully saturated rings. The molecule has 1 aromatic rings. The van der Waals surface area contributed by atoms with Gasteiger partial charge in [-0.3, -0.25) is 0 Å². The molecule has 0 aliphatic heterocycles. The molecule has 1 aliphatic rings. The normalized spacial score (nSPS) is 19.1. The van der Waals surface area contributed by atoms with Gasteiger partial charge in [-0.1, -0.05) is 24.1 Å². The number of hydrogen-bond acceptors (Lipinski definition) is 2. The number of aliphatic hydroxyl groups is 1. The standard InChI is InChI=1S/C12H15ClFNO.ClH/c13-8-4-5-9(10(14)6-8)11(15)12(16)7-2-1-3-7;/h4-7,11-12,16H,1-3,15H2;1H/t11-,12+;/m0./s1. The summed E-state index contributed by atoms with van der Waals surface area (Å²) >= 11 is 5.66. The Morgan fingerprint density at radius 3 is 2.53 bits per heavy atom. The van der Waals surface area contributed by atoms with Gasteiger partial charge in [-0.15, -0.1) is 12.4 Å². The van der Waals surface area contributed by atoms with Crippen molar-refractivity contribution in [1.29, 1.82) is 0 Å². The highest BCUT2D eigenvalue weighted by Crippen LogP contribution is 2.35. The van der Waals surface area contributed by atoms with Crippen molar-refractivity contribution in [2.75, 3.05) is 0 Å². The SMILES string of the molecule is Cl.N[C@@H](c1ccc(Cl)cc1F)[C@H](O)C1CCC1. The van der Waals surface area contributed by atoms with Gasteiger partial charge in [-0.25, -0.2) is 4.39 Å². The Kier molecular flexibility index (Phi) is 5.20. The summed E-state index contributed by atoms with van der Waals surface area (Å²) in [6.07, 6.45) is 2.41. The Balaban J connectivity index is 0.00000144. The Morgan fingerprint density at radius 2 is 2.06 bits per heavy atom. The maximum absolute atomic E-state index is 13.6. The first-order chi connectivity index (χ1) is 7.59. The molecule has 3 N–H and O–H groups in total. The van der Waals surface area contributed by atoms with E-state index in [1.165, 1.54) is 6.07 Å². The van der Waals surface area contributed by atoms with Crippen molar-refractivity contribution in [2.24, 2.45) is 11.7 Å². The molecule has 0 unspecified atom stereocenters. The Morgan fingerprint density at radius 1 is 1.41 bits per heavy atom. The van der Waals surface area contributed by atoms with E-state index in [0.29, 0.717) is 10.6 Å². The molecular formula is C12H16Cl2FNO. The molecule has 2 nitrogen and oxygen atoms in total. The molecule has 2 atom stereocenters. The fourth-order valence-corrected chi connectivity index (χ4v) is 2.19. The van der Waals surface area contributed by atoms with Crippen LogP contribution >= 0.6 is 24.0 Å². The van der Waals surface area contributed by atoms with Crippen LogP contribution in [0.5, 0.6) is 0 Å². The lowest BCUT2D eigenvalue weighted by molar-refractivity contribution is 0.0405. The maximum Gasteiger partial charge on any atom is 0.129 e. The third-order valence-electron chi connectivity index (χ3n) is 3.32. The summed E-state index contributed by atoms with van der Waals surface area (Å²) in [5, 5.41) is 10.3. The predicted octanol–water partition coefficient (Wildman–Crippen LogP) is 3.06. The summed E-state index contributed by atoms with van der Waals surface area (Å²) in [6.45, 7) is 0. The van der Waals surface area contributed by atoms with Gasteiger partial charge in [0.25, 0.3) is 0 Å². The van der Waals surface area contributed by atoms with E-state index in [4.69, 9.17) is 17.3 Å². The molecule has 1 aliphatic carbocycles. The van der Waals surface area contributed by atoms with Crippen molar-refractivity contribution in [3.8, 4) is 0 Å². The van der Waals surface area contributed by atoms with E-state index >= 15 is 0 Å². The molecule has 0 bridgehead atoms. The third-order valence-corrected chi connectivity index (χ3v) is 3.56. The van der Waals surface area contributed by atoms with E-state index in [1.54, 1.807) is 12.1 Å². The van der Waals surface area contributed by atoms with Gasteiger partial charge in [0.2, 0.25) is 0 Å². The van der Waals surface area contributed by atoms with Crippen LogP contribution in [0.2, 0.25) is 5.02 Å². The van der Waals surface area contributed by atoms with E-state index in [0.717, 1.165) is 19.3 Å². The molecule has 0 spiro atoms. The Hall–Kier alpha value is -0.350. The lowest BCUT2D eigenvalue weighted by atomic mass is 9.77. The first kappa shape index (κ1) is 14.7. The molecule has 0 saturated heterocycles. The van der Waals surface area contributed by atoms with E-state index < -0.39 is 18.0 Å². The first-order valence-electron chi connectivity index (χ1n) is 5.48. The number of rotatable bonds is 3. The topological polar surface area (TPSA) is 46.2 Å². The number of hydrogen-bond donors (Lipinski definition) is 2. The van der Waals surface area contributed by atoms with Gasteiger partial charge in [0, 0.05) is 10.6 Å². The van der Waals surface area contributed by atoms with Crippen LogP contribution < -0.4 is 5.73 Å². The second-order valence-electron chi connectivity index (χ2n) is 4.37. The molecule has 1 aromatic carbocycles. The van der Waals surface area contributed by atoms with Gasteiger partial charge >= 0.3 is 0 Å². The van der Waals surface area contributed by atoms with E-state index in [1.807, 2.05) is 0 Å². The maximum atomic E-state index is 13.6. The average Bonchev–Trinajstić information content (AvgIpc) is 2.14. The summed E-state index contributed by atoms with van der Waals surface area (Å²) in [5.74, 6) is -0.233. The van der Waals surface area contributed by atoms with Crippen molar-refractivity contribution in [2.45, 2.75) is 31.4 Å². The van der Waals surface area contributed by atoms with Crippen LogP contribution in [0.4, 0.5) is 4.39 Å². The van der Waals surface area contributed by atoms with Crippen LogP contribution in [0.25, 0.3) is 0 Å². The molecule has 1 saturated carbocycles. The van der Waals surface area contributed by atoms with Gasteiger partial charge in [0.1, 0.15) is 5.82 Å². The highest BCUT2D eigenvalue weighted by Gasteiger charge is 2.31. The third kappa shape index (κ3) is 3.10. The Bertz CT molecular complexity index is 385. The second-order valence-corrected chi connectivity index (χ2v) is 4.81. The zero-order valence-corrected chi connectivity index (χ0v) is 10.8. The molecule has 96 valence electrons. The van der Waals surface area contributed by atoms with Gasteiger partial charge in [-0.05, 0) is 30.9 Å². The van der Waals surface area contributed by atoms with Crippen LogP contribution in [-0.2, 0) is 0 Å². The molecule has 0 radical (unpaired) electrons. The largest absolute Gasteiger partial charge is 0.391 e. The van der Waals surface area contributed by atoms with Crippen molar-refractivity contribution in [3.05, 3.63) is 34.6 Å². The van der Waals surface area contributed by atoms with Crippen molar-refractivity contribution in [1.82, 2.24) is 0 Å². The summed E-state index contributed by atoms with van der Waals surface area (Å²) < 4.78 is 13.6. The molecule has 0 aromatic heterocycles. The molecule has 17 heavy (non-hydrogen) atoms. The van der Waals surface area contributed by atoms with E-state index in [-0.39, 0.29) is 18.3 Å². The van der Waals surface area contributed by atoms with Gasteiger partial charge in [0.05, 0.1) is 12.1 Å². The number of nitrogens with two attached hydrogens (primary N) is 1. The summed E-state index contributed by atoms with van der Waals surface area (Å²) in [7, 11) is 0. The quantitative estimate of drug-likeness (QED) is 0.893. The summed E-state index contributed by atoms with van der Waals surface area (Å²) in [5.41, 5.74) is 6.20. The fourth-order valence-electron chi connectivity index (χ4n) is 2.03. The predicted molar refractivity (Wildman–Crippen MR) is 68.9 cm³/mol. The minimum atomic E-state index is -0.664. The van der Waals surface area contributed by atoms with Crippen LogP contribution in [0.1, 0.15) is 30.9 Å². The number of halogens is 3. The minimum Gasteiger partial charge on any atom is -0.391 e. The zero-order chi connectivity index (χ0) is 11.7. The van der Waals surface area contributed by atoms with Crippen molar-refractivity contribution >= 4 is 24.0 Å². The van der Waals surface area contributed by atoms with Crippen molar-refractivity contribution in [3.63, 3.8) is 0 Å². The van der Waals surface area contributed by atoms with Gasteiger partial charge < -0.3 is 10.8 Å². The first-order valence-corrected chi connectivity index (χ1v) is 5.86. The van der Waals surface area contributed by atoms with Gasteiger partial charge in [0.15, 0.2) is 0 Å². The highest BCUT2D eigenvalue weighted by atomic mass is 35.5. The highest BCUT2D eigenvalue weighted by molar-refractivity contribution is 6.30. The molecular weight excluding hydrogens is 264 g/mol. The van der Waals surface area contributed by atoms with E-state index in [9.17, 15) is 9.50 Å². The fraction of sp³-hybridized carbons (Fsp3) is 0.500.